The minimum atomic E-state index is -0.755. The van der Waals surface area contributed by atoms with Gasteiger partial charge in [0.2, 0.25) is 11.8 Å². The molecule has 8 nitrogen and oxygen atoms in total. The van der Waals surface area contributed by atoms with Crippen molar-refractivity contribution in [1.29, 1.82) is 0 Å². The Kier molecular flexibility index (Phi) is 8.11. The van der Waals surface area contributed by atoms with Gasteiger partial charge in [-0.1, -0.05) is 48.0 Å². The molecular weight excluding hydrogens is 526 g/mol. The smallest absolute Gasteiger partial charge is 0.315 e. The molecule has 0 saturated carbocycles. The Morgan fingerprint density at radius 2 is 1.68 bits per heavy atom. The minimum absolute atomic E-state index is 0.0256. The summed E-state index contributed by atoms with van der Waals surface area (Å²) in [5.74, 6) is -0.0164. The highest BCUT2D eigenvalue weighted by molar-refractivity contribution is 6.31. The topological polar surface area (TPSA) is 93.8 Å². The Labute approximate surface area is 241 Å². The molecule has 2 saturated heterocycles. The van der Waals surface area contributed by atoms with Crippen LogP contribution in [0.3, 0.4) is 0 Å². The second-order valence-corrected chi connectivity index (χ2v) is 12.5. The summed E-state index contributed by atoms with van der Waals surface area (Å²) in [6.45, 7) is 8.72. The number of nitrogens with one attached hydrogen (secondary N) is 3. The van der Waals surface area contributed by atoms with Crippen LogP contribution in [0.1, 0.15) is 57.6 Å². The van der Waals surface area contributed by atoms with Crippen molar-refractivity contribution in [2.75, 3.05) is 31.1 Å². The fourth-order valence-corrected chi connectivity index (χ4v) is 6.53. The van der Waals surface area contributed by atoms with Gasteiger partial charge in [-0.25, -0.2) is 4.79 Å². The number of fused-ring (bicyclic) bond motifs is 1. The van der Waals surface area contributed by atoms with Gasteiger partial charge in [0.1, 0.15) is 6.04 Å². The van der Waals surface area contributed by atoms with E-state index in [9.17, 15) is 14.4 Å². The van der Waals surface area contributed by atoms with Gasteiger partial charge >= 0.3 is 6.03 Å². The summed E-state index contributed by atoms with van der Waals surface area (Å²) >= 11 is 6.45. The van der Waals surface area contributed by atoms with Crippen LogP contribution in [0.4, 0.5) is 10.5 Å². The Balaban J connectivity index is 1.28. The number of carbonyl (C=O) groups excluding carboxylic acids is 3. The van der Waals surface area contributed by atoms with E-state index in [0.717, 1.165) is 42.7 Å². The van der Waals surface area contributed by atoms with Crippen LogP contribution in [0, 0.1) is 0 Å². The van der Waals surface area contributed by atoms with Gasteiger partial charge in [0.05, 0.1) is 5.41 Å². The summed E-state index contributed by atoms with van der Waals surface area (Å²) in [6.07, 6.45) is 3.31. The second kappa shape index (κ2) is 11.4. The monoisotopic (exact) mass is 565 g/mol. The maximum absolute atomic E-state index is 13.9. The molecule has 4 amide bonds. The van der Waals surface area contributed by atoms with Crippen molar-refractivity contribution in [1.82, 2.24) is 20.9 Å². The molecule has 3 aliphatic heterocycles. The van der Waals surface area contributed by atoms with Gasteiger partial charge in [0.25, 0.3) is 0 Å². The summed E-state index contributed by atoms with van der Waals surface area (Å²) in [5.41, 5.74) is 1.95. The van der Waals surface area contributed by atoms with Crippen molar-refractivity contribution in [2.45, 2.75) is 75.9 Å². The highest BCUT2D eigenvalue weighted by atomic mass is 35.5. The second-order valence-electron chi connectivity index (χ2n) is 12.1. The first-order valence-electron chi connectivity index (χ1n) is 14.3. The average Bonchev–Trinajstić information content (AvgIpc) is 3.14. The Bertz CT molecular complexity index is 1270. The molecule has 5 rings (SSSR count). The third kappa shape index (κ3) is 5.70. The zero-order valence-electron chi connectivity index (χ0n) is 23.6. The number of carbonyl (C=O) groups is 3. The summed E-state index contributed by atoms with van der Waals surface area (Å²) in [6, 6.07) is 14.4. The van der Waals surface area contributed by atoms with E-state index in [1.165, 1.54) is 0 Å². The predicted octanol–water partition coefficient (Wildman–Crippen LogP) is 4.01. The SMILES string of the molecule is CC1(NC(=O)N[C@@H](Cc2ccccc2Cl)C(=O)N2CCC(N3C(=O)C(C)(C)c4ccccc43)CC2)CCNCC1. The highest BCUT2D eigenvalue weighted by Crippen LogP contribution is 2.43. The number of hydrogen-bond acceptors (Lipinski definition) is 4. The molecule has 1 atom stereocenters. The lowest BCUT2D eigenvalue weighted by molar-refractivity contribution is -0.134. The number of benzene rings is 2. The van der Waals surface area contributed by atoms with Gasteiger partial charge in [-0.3, -0.25) is 9.59 Å². The lowest BCUT2D eigenvalue weighted by Crippen LogP contribution is -2.59. The van der Waals surface area contributed by atoms with Crippen LogP contribution in [0.25, 0.3) is 0 Å². The number of halogens is 1. The standard InChI is InChI=1S/C31H40ClN5O3/c1-30(2)23-9-5-7-11-26(23)37(28(30)39)22-12-18-36(19-13-22)27(38)25(20-21-8-4-6-10-24(21)32)34-29(40)35-31(3)14-16-33-17-15-31/h4-11,22,25,33H,12-20H2,1-3H3,(H2,34,35,40)/t25-/m0/s1. The molecule has 0 radical (unpaired) electrons. The maximum atomic E-state index is 13.9. The molecule has 3 aliphatic rings. The fourth-order valence-electron chi connectivity index (χ4n) is 6.32. The van der Waals surface area contributed by atoms with Crippen molar-refractivity contribution in [3.8, 4) is 0 Å². The average molecular weight is 566 g/mol. The van der Waals surface area contributed by atoms with Gasteiger partial charge in [0, 0.05) is 41.8 Å². The van der Waals surface area contributed by atoms with Gasteiger partial charge in [-0.15, -0.1) is 0 Å². The van der Waals surface area contributed by atoms with Gasteiger partial charge < -0.3 is 25.8 Å². The number of hydrogen-bond donors (Lipinski definition) is 3. The van der Waals surface area contributed by atoms with Crippen molar-refractivity contribution in [3.63, 3.8) is 0 Å². The quantitative estimate of drug-likeness (QED) is 0.493. The normalized spacial score (nSPS) is 21.1. The molecule has 40 heavy (non-hydrogen) atoms. The van der Waals surface area contributed by atoms with E-state index in [4.69, 9.17) is 11.6 Å². The fraction of sp³-hybridized carbons (Fsp3) is 0.516. The van der Waals surface area contributed by atoms with Gasteiger partial charge in [-0.2, -0.15) is 0 Å². The zero-order chi connectivity index (χ0) is 28.5. The van der Waals surface area contributed by atoms with Crippen molar-refractivity contribution in [3.05, 3.63) is 64.7 Å². The predicted molar refractivity (Wildman–Crippen MR) is 158 cm³/mol. The number of piperidine rings is 2. The van der Waals surface area contributed by atoms with Gasteiger partial charge in [0.15, 0.2) is 0 Å². The van der Waals surface area contributed by atoms with Crippen LogP contribution in [0.15, 0.2) is 48.5 Å². The Morgan fingerprint density at radius 3 is 2.38 bits per heavy atom. The van der Waals surface area contributed by atoms with E-state index < -0.39 is 11.5 Å². The zero-order valence-corrected chi connectivity index (χ0v) is 24.4. The first-order valence-corrected chi connectivity index (χ1v) is 14.7. The van der Waals surface area contributed by atoms with E-state index in [1.54, 1.807) is 6.07 Å². The summed E-state index contributed by atoms with van der Waals surface area (Å²) in [4.78, 5) is 44.2. The number of amides is 4. The van der Waals surface area contributed by atoms with E-state index >= 15 is 0 Å². The van der Waals surface area contributed by atoms with E-state index in [-0.39, 0.29) is 29.4 Å². The van der Waals surface area contributed by atoms with Crippen molar-refractivity contribution >= 4 is 35.1 Å². The maximum Gasteiger partial charge on any atom is 0.315 e. The number of para-hydroxylation sites is 1. The Morgan fingerprint density at radius 1 is 1.02 bits per heavy atom. The number of nitrogens with zero attached hydrogens (tertiary/aromatic N) is 2. The number of urea groups is 1. The lowest BCUT2D eigenvalue weighted by atomic mass is 9.86. The molecule has 0 unspecified atom stereocenters. The molecule has 0 aromatic heterocycles. The van der Waals surface area contributed by atoms with Crippen molar-refractivity contribution in [2.24, 2.45) is 0 Å². The first kappa shape index (κ1) is 28.4. The molecular formula is C31H40ClN5O3. The third-order valence-corrected chi connectivity index (χ3v) is 9.21. The molecule has 3 heterocycles. The van der Waals surface area contributed by atoms with Gasteiger partial charge in [-0.05, 0) is 82.8 Å². The number of likely N-dealkylation sites (tertiary alicyclic amines) is 1. The largest absolute Gasteiger partial charge is 0.341 e. The molecule has 214 valence electrons. The van der Waals surface area contributed by atoms with E-state index in [2.05, 4.69) is 16.0 Å². The highest BCUT2D eigenvalue weighted by Gasteiger charge is 2.47. The van der Waals surface area contributed by atoms with E-state index in [0.29, 0.717) is 37.4 Å². The molecule has 2 fully saturated rings. The number of rotatable bonds is 6. The molecule has 0 bridgehead atoms. The molecule has 0 aliphatic carbocycles. The molecule has 2 aromatic carbocycles. The molecule has 3 N–H and O–H groups in total. The number of anilines is 1. The third-order valence-electron chi connectivity index (χ3n) is 8.84. The van der Waals surface area contributed by atoms with Crippen LogP contribution >= 0.6 is 11.6 Å². The summed E-state index contributed by atoms with van der Waals surface area (Å²) in [5, 5.41) is 9.98. The first-order chi connectivity index (χ1) is 19.1. The summed E-state index contributed by atoms with van der Waals surface area (Å²) in [7, 11) is 0. The Hall–Kier alpha value is -3.10. The van der Waals surface area contributed by atoms with Crippen LogP contribution in [-0.4, -0.2) is 66.5 Å². The van der Waals surface area contributed by atoms with Crippen LogP contribution in [0.5, 0.6) is 0 Å². The van der Waals surface area contributed by atoms with Crippen molar-refractivity contribution < 1.29 is 14.4 Å². The molecule has 9 heteroatoms. The van der Waals surface area contributed by atoms with Crippen LogP contribution < -0.4 is 20.9 Å². The summed E-state index contributed by atoms with van der Waals surface area (Å²) < 4.78 is 0. The lowest BCUT2D eigenvalue weighted by Gasteiger charge is -2.39. The van der Waals surface area contributed by atoms with Crippen LogP contribution in [0.2, 0.25) is 5.02 Å². The minimum Gasteiger partial charge on any atom is -0.341 e. The molecule has 2 aromatic rings. The van der Waals surface area contributed by atoms with Crippen LogP contribution in [-0.2, 0) is 21.4 Å². The molecule has 0 spiro atoms. The van der Waals surface area contributed by atoms with E-state index in [1.807, 2.05) is 73.0 Å².